The molecule has 0 N–H and O–H groups in total. The molecule has 3 aromatic carbocycles. The Hall–Kier alpha value is -3.31. The quantitative estimate of drug-likeness (QED) is 0.131. The third-order valence-corrected chi connectivity index (χ3v) is 6.48. The molecule has 0 fully saturated rings. The lowest BCUT2D eigenvalue weighted by molar-refractivity contribution is 0.101. The molecule has 0 aromatic heterocycles. The number of unbranched alkanes of at least 4 members (excludes halogenated alkanes) is 9. The van der Waals surface area contributed by atoms with Crippen LogP contribution in [0.15, 0.2) is 72.8 Å². The lowest BCUT2D eigenvalue weighted by atomic mass is 10.0. The summed E-state index contributed by atoms with van der Waals surface area (Å²) in [6.07, 6.45) is 13.4. The van der Waals surface area contributed by atoms with E-state index in [1.807, 2.05) is 60.7 Å². The highest BCUT2D eigenvalue weighted by Crippen LogP contribution is 2.21. The van der Waals surface area contributed by atoms with Gasteiger partial charge in [0, 0.05) is 16.7 Å². The van der Waals surface area contributed by atoms with Gasteiger partial charge in [-0.25, -0.2) is 0 Å². The van der Waals surface area contributed by atoms with Crippen LogP contribution in [0.25, 0.3) is 11.1 Å². The molecule has 0 saturated carbocycles. The molecule has 0 aliphatic carbocycles. The standard InChI is InChI=1S/C34H40O2/c1-3-4-5-6-7-8-9-10-11-12-27-36-34-25-17-30(18-26-34)14-13-29-15-19-32(20-16-29)33-23-21-31(22-24-33)28(2)35/h15-26H,3-12,27H2,1-2H3. The van der Waals surface area contributed by atoms with E-state index in [0.717, 1.165) is 46.6 Å². The zero-order chi connectivity index (χ0) is 25.4. The molecule has 0 atom stereocenters. The molecule has 3 rings (SSSR count). The molecule has 0 saturated heterocycles. The number of Topliss-reactive ketones (excluding diaryl/α,β-unsaturated/α-hetero) is 1. The van der Waals surface area contributed by atoms with Gasteiger partial charge in [-0.2, -0.15) is 0 Å². The van der Waals surface area contributed by atoms with Gasteiger partial charge in [-0.05, 0) is 60.9 Å². The van der Waals surface area contributed by atoms with Crippen molar-refractivity contribution in [2.45, 2.75) is 78.1 Å². The highest BCUT2D eigenvalue weighted by atomic mass is 16.5. The van der Waals surface area contributed by atoms with E-state index >= 15 is 0 Å². The summed E-state index contributed by atoms with van der Waals surface area (Å²) < 4.78 is 5.90. The van der Waals surface area contributed by atoms with E-state index in [2.05, 4.69) is 30.9 Å². The monoisotopic (exact) mass is 480 g/mol. The lowest BCUT2D eigenvalue weighted by Gasteiger charge is -2.06. The molecular weight excluding hydrogens is 440 g/mol. The molecule has 0 aliphatic heterocycles. The minimum atomic E-state index is 0.0841. The maximum atomic E-state index is 11.5. The first-order valence-corrected chi connectivity index (χ1v) is 13.6. The van der Waals surface area contributed by atoms with Crippen LogP contribution in [0.3, 0.4) is 0 Å². The van der Waals surface area contributed by atoms with Gasteiger partial charge in [-0.15, -0.1) is 0 Å². The van der Waals surface area contributed by atoms with Gasteiger partial charge in [0.15, 0.2) is 5.78 Å². The Kier molecular flexibility index (Phi) is 11.8. The number of ketones is 1. The van der Waals surface area contributed by atoms with Crippen molar-refractivity contribution in [1.29, 1.82) is 0 Å². The number of rotatable bonds is 14. The zero-order valence-electron chi connectivity index (χ0n) is 22.0. The van der Waals surface area contributed by atoms with E-state index in [-0.39, 0.29) is 5.78 Å². The first-order chi connectivity index (χ1) is 17.7. The molecule has 0 spiro atoms. The summed E-state index contributed by atoms with van der Waals surface area (Å²) in [6, 6.07) is 24.0. The van der Waals surface area contributed by atoms with Gasteiger partial charge in [0.25, 0.3) is 0 Å². The van der Waals surface area contributed by atoms with Crippen LogP contribution in [-0.4, -0.2) is 12.4 Å². The van der Waals surface area contributed by atoms with Crippen LogP contribution in [0, 0.1) is 11.8 Å². The molecule has 36 heavy (non-hydrogen) atoms. The predicted molar refractivity (Wildman–Crippen MR) is 152 cm³/mol. The first kappa shape index (κ1) is 27.3. The fraction of sp³-hybridized carbons (Fsp3) is 0.382. The second-order valence-corrected chi connectivity index (χ2v) is 9.52. The summed E-state index contributed by atoms with van der Waals surface area (Å²) in [5.41, 5.74) is 4.88. The summed E-state index contributed by atoms with van der Waals surface area (Å²) >= 11 is 0. The maximum absolute atomic E-state index is 11.5. The van der Waals surface area contributed by atoms with Crippen LogP contribution < -0.4 is 4.74 Å². The Morgan fingerprint density at radius 3 is 1.56 bits per heavy atom. The highest BCUT2D eigenvalue weighted by Gasteiger charge is 2.01. The van der Waals surface area contributed by atoms with Crippen molar-refractivity contribution in [3.8, 4) is 28.7 Å². The van der Waals surface area contributed by atoms with Crippen LogP contribution >= 0.6 is 0 Å². The summed E-state index contributed by atoms with van der Waals surface area (Å²) in [5, 5.41) is 0. The van der Waals surface area contributed by atoms with Crippen molar-refractivity contribution < 1.29 is 9.53 Å². The van der Waals surface area contributed by atoms with Gasteiger partial charge in [0.1, 0.15) is 5.75 Å². The average Bonchev–Trinajstić information content (AvgIpc) is 2.91. The SMILES string of the molecule is CCCCCCCCCCCCOc1ccc(C#Cc2ccc(-c3ccc(C(C)=O)cc3)cc2)cc1. The normalized spacial score (nSPS) is 10.5. The Labute approximate surface area is 218 Å². The fourth-order valence-corrected chi connectivity index (χ4v) is 4.20. The largest absolute Gasteiger partial charge is 0.494 e. The van der Waals surface area contributed by atoms with Crippen molar-refractivity contribution in [1.82, 2.24) is 0 Å². The lowest BCUT2D eigenvalue weighted by Crippen LogP contribution is -1.97. The summed E-state index contributed by atoms with van der Waals surface area (Å²) in [4.78, 5) is 11.5. The van der Waals surface area contributed by atoms with E-state index in [0.29, 0.717) is 0 Å². The van der Waals surface area contributed by atoms with E-state index in [1.54, 1.807) is 6.92 Å². The van der Waals surface area contributed by atoms with Crippen molar-refractivity contribution >= 4 is 5.78 Å². The van der Waals surface area contributed by atoms with Gasteiger partial charge >= 0.3 is 0 Å². The predicted octanol–water partition coefficient (Wildman–Crippen LogP) is 9.26. The molecule has 0 amide bonds. The number of carbonyl (C=O) groups is 1. The van der Waals surface area contributed by atoms with Crippen LogP contribution in [0.5, 0.6) is 5.75 Å². The van der Waals surface area contributed by atoms with Crippen LogP contribution in [0.1, 0.15) is 99.5 Å². The Morgan fingerprint density at radius 1 is 0.611 bits per heavy atom. The third-order valence-electron chi connectivity index (χ3n) is 6.48. The Bertz CT molecular complexity index is 1100. The van der Waals surface area contributed by atoms with Gasteiger partial charge < -0.3 is 4.74 Å². The third kappa shape index (κ3) is 9.74. The number of hydrogen-bond acceptors (Lipinski definition) is 2. The Morgan fingerprint density at radius 2 is 1.06 bits per heavy atom. The molecule has 0 heterocycles. The molecular formula is C34H40O2. The van der Waals surface area contributed by atoms with E-state index in [1.165, 1.54) is 57.8 Å². The van der Waals surface area contributed by atoms with E-state index < -0.39 is 0 Å². The van der Waals surface area contributed by atoms with Crippen molar-refractivity contribution in [2.24, 2.45) is 0 Å². The smallest absolute Gasteiger partial charge is 0.159 e. The van der Waals surface area contributed by atoms with Crippen molar-refractivity contribution in [3.05, 3.63) is 89.5 Å². The van der Waals surface area contributed by atoms with E-state index in [4.69, 9.17) is 4.74 Å². The molecule has 3 aromatic rings. The molecule has 0 radical (unpaired) electrons. The van der Waals surface area contributed by atoms with Crippen LogP contribution in [0.4, 0.5) is 0 Å². The number of carbonyl (C=O) groups excluding carboxylic acids is 1. The second kappa shape index (κ2) is 15.6. The van der Waals surface area contributed by atoms with Crippen LogP contribution in [0.2, 0.25) is 0 Å². The average molecular weight is 481 g/mol. The van der Waals surface area contributed by atoms with Crippen molar-refractivity contribution in [2.75, 3.05) is 6.61 Å². The number of ether oxygens (including phenoxy) is 1. The number of benzene rings is 3. The first-order valence-electron chi connectivity index (χ1n) is 13.6. The maximum Gasteiger partial charge on any atom is 0.159 e. The van der Waals surface area contributed by atoms with Gasteiger partial charge in [-0.3, -0.25) is 4.79 Å². The second-order valence-electron chi connectivity index (χ2n) is 9.52. The Balaban J connectivity index is 1.36. The summed E-state index contributed by atoms with van der Waals surface area (Å²) in [5.74, 6) is 7.47. The molecule has 188 valence electrons. The highest BCUT2D eigenvalue weighted by molar-refractivity contribution is 5.94. The molecule has 0 unspecified atom stereocenters. The molecule has 0 bridgehead atoms. The molecule has 2 heteroatoms. The van der Waals surface area contributed by atoms with Crippen LogP contribution in [-0.2, 0) is 0 Å². The van der Waals surface area contributed by atoms with Crippen molar-refractivity contribution in [3.63, 3.8) is 0 Å². The van der Waals surface area contributed by atoms with E-state index in [9.17, 15) is 4.79 Å². The minimum absolute atomic E-state index is 0.0841. The summed E-state index contributed by atoms with van der Waals surface area (Å²) in [6.45, 7) is 4.64. The fourth-order valence-electron chi connectivity index (χ4n) is 4.20. The zero-order valence-corrected chi connectivity index (χ0v) is 22.0. The number of hydrogen-bond donors (Lipinski definition) is 0. The summed E-state index contributed by atoms with van der Waals surface area (Å²) in [7, 11) is 0. The molecule has 2 nitrogen and oxygen atoms in total. The topological polar surface area (TPSA) is 26.3 Å². The minimum Gasteiger partial charge on any atom is -0.494 e. The molecule has 0 aliphatic rings. The van der Waals surface area contributed by atoms with Gasteiger partial charge in [0.2, 0.25) is 0 Å². The van der Waals surface area contributed by atoms with Gasteiger partial charge in [-0.1, -0.05) is 113 Å². The van der Waals surface area contributed by atoms with Gasteiger partial charge in [0.05, 0.1) is 6.61 Å².